The van der Waals surface area contributed by atoms with Crippen molar-refractivity contribution in [2.75, 3.05) is 12.3 Å². The van der Waals surface area contributed by atoms with Gasteiger partial charge >= 0.3 is 0 Å². The second kappa shape index (κ2) is 5.51. The van der Waals surface area contributed by atoms with Crippen molar-refractivity contribution in [3.63, 3.8) is 0 Å². The molecule has 1 fully saturated rings. The van der Waals surface area contributed by atoms with Gasteiger partial charge in [-0.15, -0.1) is 0 Å². The third-order valence-electron chi connectivity index (χ3n) is 3.18. The average Bonchev–Trinajstić information content (AvgIpc) is 2.08. The fourth-order valence-corrected chi connectivity index (χ4v) is 3.14. The Kier molecular flexibility index (Phi) is 4.87. The predicted molar refractivity (Wildman–Crippen MR) is 63.7 cm³/mol. The molecule has 0 N–H and O–H groups in total. The van der Waals surface area contributed by atoms with Gasteiger partial charge in [-0.05, 0) is 39.7 Å². The summed E-state index contributed by atoms with van der Waals surface area (Å²) >= 11 is 0. The van der Waals surface area contributed by atoms with Crippen LogP contribution in [-0.4, -0.2) is 37.7 Å². The first-order valence-electron chi connectivity index (χ1n) is 5.58. The molecule has 0 amide bonds. The van der Waals surface area contributed by atoms with Crippen LogP contribution in [0, 0.1) is 0 Å². The number of nitrogens with zero attached hydrogens (tertiary/aromatic N) is 1. The second-order valence-electron chi connectivity index (χ2n) is 4.46. The highest BCUT2D eigenvalue weighted by molar-refractivity contribution is 8.13. The lowest BCUT2D eigenvalue weighted by Gasteiger charge is -2.38. The number of hydrogen-bond acceptors (Lipinski definition) is 3. The van der Waals surface area contributed by atoms with Crippen LogP contribution in [0.1, 0.15) is 39.5 Å². The van der Waals surface area contributed by atoms with Crippen LogP contribution < -0.4 is 0 Å². The minimum atomic E-state index is -3.31. The third-order valence-corrected chi connectivity index (χ3v) is 4.42. The fourth-order valence-electron chi connectivity index (χ4n) is 2.34. The minimum absolute atomic E-state index is 0.0878. The highest BCUT2D eigenvalue weighted by atomic mass is 35.7. The average molecular weight is 254 g/mol. The molecule has 0 saturated carbocycles. The van der Waals surface area contributed by atoms with E-state index in [1.165, 1.54) is 19.3 Å². The molecule has 5 heteroatoms. The number of likely N-dealkylation sites (tertiary alicyclic amines) is 1. The van der Waals surface area contributed by atoms with E-state index in [-0.39, 0.29) is 5.75 Å². The summed E-state index contributed by atoms with van der Waals surface area (Å²) in [5.74, 6) is 0.0878. The molecule has 1 saturated heterocycles. The lowest BCUT2D eigenvalue weighted by atomic mass is 9.97. The molecule has 0 radical (unpaired) electrons. The zero-order valence-electron chi connectivity index (χ0n) is 9.45. The highest BCUT2D eigenvalue weighted by Crippen LogP contribution is 2.22. The monoisotopic (exact) mass is 253 g/mol. The molecule has 0 aromatic rings. The van der Waals surface area contributed by atoms with Gasteiger partial charge in [-0.3, -0.25) is 4.90 Å². The zero-order valence-corrected chi connectivity index (χ0v) is 11.0. The van der Waals surface area contributed by atoms with Gasteiger partial charge in [0.15, 0.2) is 0 Å². The summed E-state index contributed by atoms with van der Waals surface area (Å²) in [6.45, 7) is 5.27. The molecule has 15 heavy (non-hydrogen) atoms. The minimum Gasteiger partial charge on any atom is -0.298 e. The molecule has 1 rings (SSSR count). The van der Waals surface area contributed by atoms with E-state index in [1.54, 1.807) is 0 Å². The van der Waals surface area contributed by atoms with Crippen molar-refractivity contribution >= 4 is 19.7 Å². The Hall–Kier alpha value is 0.200. The van der Waals surface area contributed by atoms with Crippen LogP contribution in [0.25, 0.3) is 0 Å². The van der Waals surface area contributed by atoms with Crippen LogP contribution in [0.5, 0.6) is 0 Å². The summed E-state index contributed by atoms with van der Waals surface area (Å²) in [5, 5.41) is 0. The van der Waals surface area contributed by atoms with Gasteiger partial charge < -0.3 is 0 Å². The van der Waals surface area contributed by atoms with Crippen molar-refractivity contribution in [2.45, 2.75) is 51.6 Å². The van der Waals surface area contributed by atoms with E-state index in [9.17, 15) is 8.42 Å². The first-order valence-corrected chi connectivity index (χ1v) is 8.06. The molecule has 0 spiro atoms. The normalized spacial score (nSPS) is 29.3. The molecule has 2 unspecified atom stereocenters. The summed E-state index contributed by atoms with van der Waals surface area (Å²) in [4.78, 5) is 2.39. The topological polar surface area (TPSA) is 37.4 Å². The van der Waals surface area contributed by atoms with Crippen LogP contribution in [-0.2, 0) is 9.05 Å². The van der Waals surface area contributed by atoms with Crippen LogP contribution in [0.4, 0.5) is 0 Å². The maximum absolute atomic E-state index is 10.8. The standard InChI is InChI=1S/C10H20ClNO2S/c1-9-5-3-6-10(2)12(9)7-4-8-15(11,13)14/h9-10H,3-8H2,1-2H3. The predicted octanol–water partition coefficient (Wildman–Crippen LogP) is 2.21. The molecular weight excluding hydrogens is 234 g/mol. The Morgan fingerprint density at radius 3 is 2.27 bits per heavy atom. The Balaban J connectivity index is 2.36. The summed E-state index contributed by atoms with van der Waals surface area (Å²) < 4.78 is 21.6. The van der Waals surface area contributed by atoms with Crippen molar-refractivity contribution in [3.8, 4) is 0 Å². The first-order chi connectivity index (χ1) is 6.90. The number of piperidine rings is 1. The number of halogens is 1. The molecule has 3 nitrogen and oxygen atoms in total. The van der Waals surface area contributed by atoms with Crippen molar-refractivity contribution in [1.82, 2.24) is 4.90 Å². The molecule has 0 bridgehead atoms. The maximum Gasteiger partial charge on any atom is 0.232 e. The van der Waals surface area contributed by atoms with Gasteiger partial charge in [0.2, 0.25) is 9.05 Å². The molecular formula is C10H20ClNO2S. The molecule has 0 aliphatic carbocycles. The van der Waals surface area contributed by atoms with E-state index in [4.69, 9.17) is 10.7 Å². The molecule has 90 valence electrons. The lowest BCUT2D eigenvalue weighted by molar-refractivity contribution is 0.104. The van der Waals surface area contributed by atoms with Crippen LogP contribution >= 0.6 is 10.7 Å². The smallest absolute Gasteiger partial charge is 0.232 e. The van der Waals surface area contributed by atoms with E-state index < -0.39 is 9.05 Å². The zero-order chi connectivity index (χ0) is 11.5. The maximum atomic E-state index is 10.8. The van der Waals surface area contributed by atoms with E-state index in [2.05, 4.69) is 18.7 Å². The van der Waals surface area contributed by atoms with E-state index in [0.29, 0.717) is 18.5 Å². The highest BCUT2D eigenvalue weighted by Gasteiger charge is 2.24. The number of rotatable bonds is 4. The van der Waals surface area contributed by atoms with Gasteiger partial charge in [-0.2, -0.15) is 0 Å². The quantitative estimate of drug-likeness (QED) is 0.721. The molecule has 1 heterocycles. The van der Waals surface area contributed by atoms with Crippen LogP contribution in [0.3, 0.4) is 0 Å². The summed E-state index contributed by atoms with van der Waals surface area (Å²) in [7, 11) is 1.86. The fraction of sp³-hybridized carbons (Fsp3) is 1.00. The second-order valence-corrected chi connectivity index (χ2v) is 7.36. The molecule has 1 aliphatic rings. The Morgan fingerprint density at radius 2 is 1.80 bits per heavy atom. The van der Waals surface area contributed by atoms with Gasteiger partial charge in [0.1, 0.15) is 0 Å². The SMILES string of the molecule is CC1CCCC(C)N1CCCS(=O)(=O)Cl. The van der Waals surface area contributed by atoms with Crippen molar-refractivity contribution in [1.29, 1.82) is 0 Å². The molecule has 2 atom stereocenters. The van der Waals surface area contributed by atoms with Crippen molar-refractivity contribution in [2.24, 2.45) is 0 Å². The van der Waals surface area contributed by atoms with Gasteiger partial charge in [0.25, 0.3) is 0 Å². The van der Waals surface area contributed by atoms with E-state index >= 15 is 0 Å². The van der Waals surface area contributed by atoms with Crippen molar-refractivity contribution in [3.05, 3.63) is 0 Å². The first kappa shape index (κ1) is 13.3. The van der Waals surface area contributed by atoms with E-state index in [1.807, 2.05) is 0 Å². The Bertz CT molecular complexity index is 282. The summed E-state index contributed by atoms with van der Waals surface area (Å²) in [5.41, 5.74) is 0. The Morgan fingerprint density at radius 1 is 1.27 bits per heavy atom. The van der Waals surface area contributed by atoms with Gasteiger partial charge in [-0.1, -0.05) is 6.42 Å². The molecule has 0 aromatic carbocycles. The van der Waals surface area contributed by atoms with Crippen molar-refractivity contribution < 1.29 is 8.42 Å². The van der Waals surface area contributed by atoms with Gasteiger partial charge in [0.05, 0.1) is 5.75 Å². The largest absolute Gasteiger partial charge is 0.298 e. The number of hydrogen-bond donors (Lipinski definition) is 0. The van der Waals surface area contributed by atoms with Gasteiger partial charge in [-0.25, -0.2) is 8.42 Å². The third kappa shape index (κ3) is 4.70. The van der Waals surface area contributed by atoms with Crippen LogP contribution in [0.2, 0.25) is 0 Å². The summed E-state index contributed by atoms with van der Waals surface area (Å²) in [6.07, 6.45) is 4.36. The van der Waals surface area contributed by atoms with Gasteiger partial charge in [0, 0.05) is 22.8 Å². The van der Waals surface area contributed by atoms with E-state index in [0.717, 1.165) is 6.54 Å². The lowest BCUT2D eigenvalue weighted by Crippen LogP contribution is -2.44. The molecule has 1 aliphatic heterocycles. The Labute approximate surface area is 97.2 Å². The molecule has 0 aromatic heterocycles. The van der Waals surface area contributed by atoms with Crippen LogP contribution in [0.15, 0.2) is 0 Å². The summed E-state index contributed by atoms with van der Waals surface area (Å²) in [6, 6.07) is 1.15.